The van der Waals surface area contributed by atoms with Crippen molar-refractivity contribution in [2.45, 2.75) is 22.6 Å². The van der Waals surface area contributed by atoms with Gasteiger partial charge in [-0.2, -0.15) is 0 Å². The average molecular weight is 958 g/mol. The lowest BCUT2D eigenvalue weighted by Crippen LogP contribution is -2.71. The van der Waals surface area contributed by atoms with Crippen molar-refractivity contribution in [2.75, 3.05) is 11.1 Å². The highest BCUT2D eigenvalue weighted by molar-refractivity contribution is 8.00. The third-order valence-electron chi connectivity index (χ3n) is 12.4. The minimum absolute atomic E-state index is 0.172. The van der Waals surface area contributed by atoms with E-state index in [9.17, 15) is 14.7 Å². The predicted octanol–water partition coefficient (Wildman–Crippen LogP) is 9.50. The van der Waals surface area contributed by atoms with Crippen LogP contribution in [0, 0.1) is 0 Å². The summed E-state index contributed by atoms with van der Waals surface area (Å²) in [5, 5.41) is 23.5. The molecule has 1 fully saturated rings. The van der Waals surface area contributed by atoms with E-state index in [1.54, 1.807) is 5.38 Å². The molecule has 8 aromatic rings. The summed E-state index contributed by atoms with van der Waals surface area (Å²) in [6, 6.07) is 58.0. The first-order valence-corrected chi connectivity index (χ1v) is 24.2. The largest absolute Gasteiger partial charge is 0.477 e. The number of hydrogen-bond acceptors (Lipinski definition) is 11. The highest BCUT2D eigenvalue weighted by Crippen LogP contribution is 2.45. The van der Waals surface area contributed by atoms with Crippen molar-refractivity contribution < 1.29 is 24.3 Å². The van der Waals surface area contributed by atoms with E-state index in [0.29, 0.717) is 21.8 Å². The normalized spacial score (nSPS) is 15.9. The quantitative estimate of drug-likeness (QED) is 0.0369. The van der Waals surface area contributed by atoms with Crippen LogP contribution in [0.2, 0.25) is 0 Å². The molecule has 14 heteroatoms. The van der Waals surface area contributed by atoms with Gasteiger partial charge in [0.1, 0.15) is 34.7 Å². The fraction of sp³-hybridized carbons (Fsp3) is 0.0893. The van der Waals surface area contributed by atoms with E-state index in [1.165, 1.54) is 46.7 Å². The summed E-state index contributed by atoms with van der Waals surface area (Å²) in [4.78, 5) is 63.5. The van der Waals surface area contributed by atoms with Crippen molar-refractivity contribution in [3.63, 3.8) is 0 Å². The number of aromatic nitrogens is 3. The molecule has 2 amide bonds. The number of carboxylic acid groups (broad SMARTS) is 1. The molecular weight excluding hydrogens is 915 g/mol. The summed E-state index contributed by atoms with van der Waals surface area (Å²) in [5.41, 5.74) is 3.79. The monoisotopic (exact) mass is 957 g/mol. The number of rotatable bonds is 16. The topological polar surface area (TPSA) is 159 Å². The maximum Gasteiger partial charge on any atom is 0.352 e. The van der Waals surface area contributed by atoms with Crippen molar-refractivity contribution in [3.05, 3.63) is 269 Å². The number of thioether (sulfide) groups is 1. The third-order valence-corrected chi connectivity index (χ3v) is 14.5. The summed E-state index contributed by atoms with van der Waals surface area (Å²) in [6.07, 6.45) is 4.44. The van der Waals surface area contributed by atoms with Gasteiger partial charge in [0.05, 0.1) is 0 Å². The zero-order valence-electron chi connectivity index (χ0n) is 37.3. The Kier molecular flexibility index (Phi) is 12.7. The summed E-state index contributed by atoms with van der Waals surface area (Å²) < 4.78 is 0. The Morgan fingerprint density at radius 3 is 1.61 bits per heavy atom. The second-order valence-corrected chi connectivity index (χ2v) is 18.4. The molecule has 12 nitrogen and oxygen atoms in total. The number of aliphatic carboxylic acids is 1. The fourth-order valence-corrected chi connectivity index (χ4v) is 11.2. The van der Waals surface area contributed by atoms with E-state index in [2.05, 4.69) is 63.6 Å². The summed E-state index contributed by atoms with van der Waals surface area (Å²) in [5.74, 6) is -2.46. The van der Waals surface area contributed by atoms with Crippen LogP contribution < -0.4 is 10.6 Å². The zero-order chi connectivity index (χ0) is 48.1. The molecule has 10 rings (SSSR count). The number of benzene rings is 6. The average Bonchev–Trinajstić information content (AvgIpc) is 3.89. The Labute approximate surface area is 412 Å². The molecule has 0 saturated carbocycles. The molecule has 0 aliphatic carbocycles. The number of hydrogen-bond donors (Lipinski definition) is 3. The second-order valence-electron chi connectivity index (χ2n) is 16.4. The van der Waals surface area contributed by atoms with Crippen LogP contribution in [-0.4, -0.2) is 65.6 Å². The van der Waals surface area contributed by atoms with Crippen LogP contribution in [0.15, 0.2) is 229 Å². The molecule has 2 atom stereocenters. The van der Waals surface area contributed by atoms with Gasteiger partial charge >= 0.3 is 5.97 Å². The van der Waals surface area contributed by atoms with Crippen LogP contribution in [-0.2, 0) is 30.4 Å². The number of β-lactam (4-membered cyclic amide) rings is 1. The van der Waals surface area contributed by atoms with Crippen molar-refractivity contribution in [1.82, 2.24) is 25.2 Å². The molecule has 0 unspecified atom stereocenters. The molecular formula is C56H43N7O5S2. The van der Waals surface area contributed by atoms with Gasteiger partial charge in [0.15, 0.2) is 10.8 Å². The van der Waals surface area contributed by atoms with E-state index in [1.807, 2.05) is 146 Å². The van der Waals surface area contributed by atoms with Gasteiger partial charge in [0, 0.05) is 51.4 Å². The third kappa shape index (κ3) is 8.33. The number of nitrogens with zero attached hydrogens (tertiary/aromatic N) is 5. The lowest BCUT2D eigenvalue weighted by atomic mass is 9.77. The number of oxime groups is 1. The van der Waals surface area contributed by atoms with Crippen LogP contribution in [0.25, 0.3) is 5.57 Å². The zero-order valence-corrected chi connectivity index (χ0v) is 39.0. The standard InChI is InChI=1S/C56H43N7O5S2/c1-37(38-32-57-36-58-33-38)45-34-69-52-48(51(65)63(52)49(45)53(66)67)60-50(64)47(62-68-56(42-26-14-5-15-27-42,43-28-16-6-17-29-43)44-30-18-7-19-31-44)46-35-70-54(59-46)61-55(39-20-8-2-9-21-39,40-22-10-3-11-23-40)41-24-12-4-13-25-41/h2-33,35-36,48,52H,1,34H2,(H,59,61)(H,60,64)(H,66,67)/t48-,52+/m1/s1. The summed E-state index contributed by atoms with van der Waals surface area (Å²) in [7, 11) is 0. The number of carbonyl (C=O) groups excluding carboxylic acids is 2. The summed E-state index contributed by atoms with van der Waals surface area (Å²) in [6.45, 7) is 4.13. The Hall–Kier alpha value is -8.46. The Bertz CT molecular complexity index is 3040. The van der Waals surface area contributed by atoms with Gasteiger partial charge in [-0.15, -0.1) is 23.1 Å². The number of fused-ring (bicyclic) bond motifs is 1. The predicted molar refractivity (Wildman–Crippen MR) is 273 cm³/mol. The van der Waals surface area contributed by atoms with Crippen LogP contribution >= 0.6 is 23.1 Å². The number of thiazole rings is 1. The first-order valence-electron chi connectivity index (χ1n) is 22.3. The molecule has 0 radical (unpaired) electrons. The Morgan fingerprint density at radius 2 is 1.16 bits per heavy atom. The minimum Gasteiger partial charge on any atom is -0.477 e. The molecule has 6 aromatic carbocycles. The van der Waals surface area contributed by atoms with Crippen LogP contribution in [0.4, 0.5) is 5.13 Å². The van der Waals surface area contributed by atoms with Gasteiger partial charge < -0.3 is 20.6 Å². The molecule has 344 valence electrons. The Balaban J connectivity index is 1.07. The first-order chi connectivity index (χ1) is 34.3. The SMILES string of the molecule is C=C(C1=C(C(=O)O)N2C(=O)[C@@H](NC(=O)C(=NOC(c3ccccc3)(c3ccccc3)c3ccccc3)c3csc(NC(c4ccccc4)(c4ccccc4)c4ccccc4)n3)[C@@H]2SC1)c1cncnc1. The molecule has 0 spiro atoms. The van der Waals surface area contributed by atoms with Crippen LogP contribution in [0.3, 0.4) is 0 Å². The number of carboxylic acids is 1. The number of amides is 2. The lowest BCUT2D eigenvalue weighted by molar-refractivity contribution is -0.150. The highest BCUT2D eigenvalue weighted by atomic mass is 32.2. The van der Waals surface area contributed by atoms with Crippen LogP contribution in [0.1, 0.15) is 44.6 Å². The minimum atomic E-state index is -1.37. The molecule has 2 aromatic heterocycles. The van der Waals surface area contributed by atoms with Gasteiger partial charge in [-0.25, -0.2) is 19.7 Å². The lowest BCUT2D eigenvalue weighted by Gasteiger charge is -2.49. The van der Waals surface area contributed by atoms with Crippen molar-refractivity contribution in [1.29, 1.82) is 0 Å². The number of allylic oxidation sites excluding steroid dienone is 1. The molecule has 2 aliphatic heterocycles. The van der Waals surface area contributed by atoms with E-state index < -0.39 is 40.3 Å². The molecule has 2 aliphatic rings. The number of anilines is 1. The van der Waals surface area contributed by atoms with Crippen molar-refractivity contribution in [3.8, 4) is 0 Å². The van der Waals surface area contributed by atoms with E-state index in [4.69, 9.17) is 15.0 Å². The van der Waals surface area contributed by atoms with Gasteiger partial charge in [0.25, 0.3) is 11.8 Å². The number of carbonyl (C=O) groups is 3. The first kappa shape index (κ1) is 45.3. The van der Waals surface area contributed by atoms with E-state index in [-0.39, 0.29) is 22.9 Å². The molecule has 0 bridgehead atoms. The summed E-state index contributed by atoms with van der Waals surface area (Å²) >= 11 is 2.60. The van der Waals surface area contributed by atoms with Crippen LogP contribution in [0.5, 0.6) is 0 Å². The maximum absolute atomic E-state index is 15.1. The van der Waals surface area contributed by atoms with Gasteiger partial charge in [-0.05, 0) is 22.3 Å². The van der Waals surface area contributed by atoms with E-state index >= 15 is 4.79 Å². The van der Waals surface area contributed by atoms with E-state index in [0.717, 1.165) is 33.4 Å². The van der Waals surface area contributed by atoms with Gasteiger partial charge in [0.2, 0.25) is 5.60 Å². The Morgan fingerprint density at radius 1 is 0.700 bits per heavy atom. The highest BCUT2D eigenvalue weighted by Gasteiger charge is 2.55. The molecule has 70 heavy (non-hydrogen) atoms. The molecule has 1 saturated heterocycles. The molecule has 4 heterocycles. The maximum atomic E-state index is 15.1. The van der Waals surface area contributed by atoms with Gasteiger partial charge in [-0.3, -0.25) is 14.5 Å². The smallest absolute Gasteiger partial charge is 0.352 e. The fourth-order valence-electron chi connectivity index (χ4n) is 9.07. The second kappa shape index (κ2) is 19.6. The number of nitrogens with one attached hydrogen (secondary N) is 2. The van der Waals surface area contributed by atoms with Crippen molar-refractivity contribution in [2.24, 2.45) is 5.16 Å². The van der Waals surface area contributed by atoms with Gasteiger partial charge in [-0.1, -0.05) is 194 Å². The molecule has 3 N–H and O–H groups in total. The van der Waals surface area contributed by atoms with Crippen molar-refractivity contribution >= 4 is 57.3 Å².